The molecule has 0 aliphatic carbocycles. The van der Waals surface area contributed by atoms with Gasteiger partial charge in [0, 0.05) is 6.61 Å². The molecule has 4 nitrogen and oxygen atoms in total. The molecule has 2 aliphatic rings. The van der Waals surface area contributed by atoms with E-state index in [9.17, 15) is 5.11 Å². The van der Waals surface area contributed by atoms with Crippen molar-refractivity contribution in [2.75, 3.05) is 20.0 Å². The summed E-state index contributed by atoms with van der Waals surface area (Å²) in [6.07, 6.45) is 0.0592. The highest BCUT2D eigenvalue weighted by Gasteiger charge is 2.36. The predicted molar refractivity (Wildman–Crippen MR) is 78.6 cm³/mol. The molecule has 114 valence electrons. The van der Waals surface area contributed by atoms with Gasteiger partial charge in [0.1, 0.15) is 19.0 Å². The maximum Gasteiger partial charge on any atom is 0.147 e. The summed E-state index contributed by atoms with van der Waals surface area (Å²) in [6, 6.07) is 10.3. The van der Waals surface area contributed by atoms with Crippen molar-refractivity contribution in [2.45, 2.75) is 45.5 Å². The van der Waals surface area contributed by atoms with Crippen molar-refractivity contribution in [1.82, 2.24) is 0 Å². The van der Waals surface area contributed by atoms with Crippen LogP contribution in [-0.4, -0.2) is 43.4 Å². The van der Waals surface area contributed by atoms with Crippen LogP contribution in [0.2, 0.25) is 0 Å². The number of hydrogen-bond donors (Lipinski definition) is 1. The van der Waals surface area contributed by atoms with Gasteiger partial charge in [-0.15, -0.1) is 0 Å². The van der Waals surface area contributed by atoms with Gasteiger partial charge in [-0.1, -0.05) is 49.7 Å². The summed E-state index contributed by atoms with van der Waals surface area (Å²) in [5.74, 6) is 0. The Labute approximate surface area is 121 Å². The molecule has 3 rings (SSSR count). The number of hydrogen-bond acceptors (Lipinski definition) is 4. The maximum absolute atomic E-state index is 9.44. The van der Waals surface area contributed by atoms with E-state index in [4.69, 9.17) is 14.2 Å². The van der Waals surface area contributed by atoms with Crippen LogP contribution in [0.4, 0.5) is 0 Å². The van der Waals surface area contributed by atoms with Gasteiger partial charge >= 0.3 is 0 Å². The highest BCUT2D eigenvalue weighted by atomic mass is 16.7. The molecule has 3 unspecified atom stereocenters. The third-order valence-electron chi connectivity index (χ3n) is 3.06. The third-order valence-corrected chi connectivity index (χ3v) is 3.06. The van der Waals surface area contributed by atoms with Gasteiger partial charge in [-0.2, -0.15) is 0 Å². The van der Waals surface area contributed by atoms with Crippen molar-refractivity contribution >= 4 is 0 Å². The molecule has 3 atom stereocenters. The van der Waals surface area contributed by atoms with Gasteiger partial charge in [-0.3, -0.25) is 0 Å². The summed E-state index contributed by atoms with van der Waals surface area (Å²) in [6.45, 7) is 7.51. The predicted octanol–water partition coefficient (Wildman–Crippen LogP) is 2.53. The van der Waals surface area contributed by atoms with Gasteiger partial charge in [-0.05, 0) is 13.3 Å². The zero-order valence-corrected chi connectivity index (χ0v) is 12.6. The highest BCUT2D eigenvalue weighted by molar-refractivity contribution is 5.11. The normalized spacial score (nSPS) is 28.1. The minimum atomic E-state index is -0.377. The second kappa shape index (κ2) is 9.88. The molecule has 4 heteroatoms. The van der Waals surface area contributed by atoms with Gasteiger partial charge in [0.05, 0.1) is 12.7 Å². The molecule has 0 aromatic heterocycles. The SMILES string of the molecule is CC.Cc1ccccc1.OC1CCOC2COCOC12. The van der Waals surface area contributed by atoms with Gasteiger partial charge in [0.2, 0.25) is 0 Å². The van der Waals surface area contributed by atoms with Crippen LogP contribution in [0.25, 0.3) is 0 Å². The quantitative estimate of drug-likeness (QED) is 0.794. The number of benzene rings is 1. The number of fused-ring (bicyclic) bond motifs is 1. The Hall–Kier alpha value is -0.940. The molecule has 2 heterocycles. The number of rotatable bonds is 0. The second-order valence-corrected chi connectivity index (χ2v) is 4.54. The first-order chi connectivity index (χ1) is 9.77. The lowest BCUT2D eigenvalue weighted by Gasteiger charge is -2.38. The van der Waals surface area contributed by atoms with Gasteiger partial charge in [0.25, 0.3) is 0 Å². The van der Waals surface area contributed by atoms with Crippen LogP contribution in [0.5, 0.6) is 0 Å². The summed E-state index contributed by atoms with van der Waals surface area (Å²) in [5.41, 5.74) is 1.32. The Balaban J connectivity index is 0.000000193. The number of aryl methyl sites for hydroxylation is 1. The Morgan fingerprint density at radius 1 is 1.10 bits per heavy atom. The lowest BCUT2D eigenvalue weighted by Crippen LogP contribution is -2.51. The van der Waals surface area contributed by atoms with E-state index in [1.54, 1.807) is 0 Å². The van der Waals surface area contributed by atoms with E-state index in [1.807, 2.05) is 32.0 Å². The van der Waals surface area contributed by atoms with Crippen molar-refractivity contribution in [1.29, 1.82) is 0 Å². The molecule has 2 saturated heterocycles. The van der Waals surface area contributed by atoms with E-state index < -0.39 is 0 Å². The molecule has 1 N–H and O–H groups in total. The summed E-state index contributed by atoms with van der Waals surface area (Å²) in [7, 11) is 0. The molecule has 2 aliphatic heterocycles. The Morgan fingerprint density at radius 2 is 1.80 bits per heavy atom. The molecule has 0 amide bonds. The van der Waals surface area contributed by atoms with Crippen LogP contribution in [0.3, 0.4) is 0 Å². The maximum atomic E-state index is 9.44. The third kappa shape index (κ3) is 5.59. The fourth-order valence-electron chi connectivity index (χ4n) is 2.03. The molecular weight excluding hydrogens is 256 g/mol. The average molecular weight is 282 g/mol. The Morgan fingerprint density at radius 3 is 2.35 bits per heavy atom. The highest BCUT2D eigenvalue weighted by Crippen LogP contribution is 2.21. The fourth-order valence-corrected chi connectivity index (χ4v) is 2.03. The first kappa shape index (κ1) is 17.1. The molecule has 20 heavy (non-hydrogen) atoms. The minimum absolute atomic E-state index is 0.0625. The summed E-state index contributed by atoms with van der Waals surface area (Å²) < 4.78 is 15.6. The first-order valence-electron chi connectivity index (χ1n) is 7.28. The van der Waals surface area contributed by atoms with Crippen LogP contribution in [-0.2, 0) is 14.2 Å². The van der Waals surface area contributed by atoms with E-state index in [0.29, 0.717) is 19.6 Å². The molecule has 0 spiro atoms. The van der Waals surface area contributed by atoms with Crippen molar-refractivity contribution in [2.24, 2.45) is 0 Å². The van der Waals surface area contributed by atoms with E-state index in [1.165, 1.54) is 5.56 Å². The van der Waals surface area contributed by atoms with Crippen molar-refractivity contribution < 1.29 is 19.3 Å². The smallest absolute Gasteiger partial charge is 0.147 e. The molecule has 0 bridgehead atoms. The van der Waals surface area contributed by atoms with E-state index >= 15 is 0 Å². The van der Waals surface area contributed by atoms with Gasteiger partial charge < -0.3 is 19.3 Å². The van der Waals surface area contributed by atoms with E-state index in [-0.39, 0.29) is 25.1 Å². The molecule has 0 saturated carbocycles. The van der Waals surface area contributed by atoms with Crippen LogP contribution in [0.15, 0.2) is 30.3 Å². The number of aliphatic hydroxyl groups excluding tert-OH is 1. The lowest BCUT2D eigenvalue weighted by atomic mass is 10.0. The minimum Gasteiger partial charge on any atom is -0.390 e. The van der Waals surface area contributed by atoms with Crippen LogP contribution < -0.4 is 0 Å². The topological polar surface area (TPSA) is 47.9 Å². The van der Waals surface area contributed by atoms with Crippen molar-refractivity contribution in [3.8, 4) is 0 Å². The first-order valence-corrected chi connectivity index (χ1v) is 7.28. The number of aliphatic hydroxyl groups is 1. The number of ether oxygens (including phenoxy) is 3. The molecular formula is C16H26O4. The Bertz CT molecular complexity index is 340. The zero-order valence-electron chi connectivity index (χ0n) is 12.6. The molecule has 0 radical (unpaired) electrons. The summed E-state index contributed by atoms with van der Waals surface area (Å²) >= 11 is 0. The van der Waals surface area contributed by atoms with Gasteiger partial charge in [0.15, 0.2) is 0 Å². The van der Waals surface area contributed by atoms with E-state index in [2.05, 4.69) is 19.1 Å². The fraction of sp³-hybridized carbons (Fsp3) is 0.625. The molecule has 2 fully saturated rings. The summed E-state index contributed by atoms with van der Waals surface area (Å²) in [5, 5.41) is 9.44. The van der Waals surface area contributed by atoms with Crippen molar-refractivity contribution in [3.05, 3.63) is 35.9 Å². The van der Waals surface area contributed by atoms with Crippen LogP contribution in [0.1, 0.15) is 25.8 Å². The molecule has 1 aromatic carbocycles. The van der Waals surface area contributed by atoms with Gasteiger partial charge in [-0.25, -0.2) is 0 Å². The summed E-state index contributed by atoms with van der Waals surface area (Å²) in [4.78, 5) is 0. The van der Waals surface area contributed by atoms with Crippen LogP contribution >= 0.6 is 0 Å². The molecule has 1 aromatic rings. The zero-order chi connectivity index (χ0) is 14.8. The second-order valence-electron chi connectivity index (χ2n) is 4.54. The van der Waals surface area contributed by atoms with Crippen molar-refractivity contribution in [3.63, 3.8) is 0 Å². The van der Waals surface area contributed by atoms with E-state index in [0.717, 1.165) is 0 Å². The standard InChI is InChI=1S/C7H12O4.C7H8.C2H6/c8-5-1-2-10-6-3-9-4-11-7(5)6;1-7-5-3-2-4-6-7;1-2/h5-8H,1-4H2;2-6H,1H3;1-2H3. The largest absolute Gasteiger partial charge is 0.390 e. The lowest BCUT2D eigenvalue weighted by molar-refractivity contribution is -0.252. The average Bonchev–Trinajstić information content (AvgIpc) is 2.51. The monoisotopic (exact) mass is 282 g/mol. The van der Waals surface area contributed by atoms with Crippen LogP contribution in [0, 0.1) is 6.92 Å². The Kier molecular flexibility index (Phi) is 8.46.